The molecule has 0 heteroatoms. The molecule has 0 spiro atoms. The molecule has 0 radical (unpaired) electrons. The van der Waals surface area contributed by atoms with Crippen LogP contribution in [0, 0.1) is 29.6 Å². The van der Waals surface area contributed by atoms with Gasteiger partial charge in [-0.3, -0.25) is 0 Å². The third-order valence-electron chi connectivity index (χ3n) is 4.61. The topological polar surface area (TPSA) is 0 Å². The van der Waals surface area contributed by atoms with Gasteiger partial charge in [-0.15, -0.1) is 0 Å². The van der Waals surface area contributed by atoms with E-state index in [9.17, 15) is 0 Å². The van der Waals surface area contributed by atoms with Gasteiger partial charge in [0.15, 0.2) is 0 Å². The van der Waals surface area contributed by atoms with Gasteiger partial charge in [-0.05, 0) is 36.0 Å². The summed E-state index contributed by atoms with van der Waals surface area (Å²) in [4.78, 5) is 0. The lowest BCUT2D eigenvalue weighted by molar-refractivity contribution is 0.0216. The monoisotopic (exact) mass is 182 g/mol. The highest BCUT2D eigenvalue weighted by Gasteiger charge is 2.39. The normalized spacial score (nSPS) is 38.1. The van der Waals surface area contributed by atoms with Crippen LogP contribution in [0.2, 0.25) is 0 Å². The zero-order chi connectivity index (χ0) is 10.0. The molecule has 0 N–H and O–H groups in total. The van der Waals surface area contributed by atoms with Crippen molar-refractivity contribution in [3.63, 3.8) is 0 Å². The summed E-state index contributed by atoms with van der Waals surface area (Å²) in [6, 6.07) is 0. The van der Waals surface area contributed by atoms with Crippen molar-refractivity contribution in [2.75, 3.05) is 0 Å². The lowest BCUT2D eigenvalue weighted by atomic mass is 9.58. The second-order valence-electron chi connectivity index (χ2n) is 5.19. The number of hydrogen-bond donors (Lipinski definition) is 0. The molecule has 0 heterocycles. The molecule has 1 aliphatic carbocycles. The fourth-order valence-corrected chi connectivity index (χ4v) is 3.08. The first-order chi connectivity index (χ1) is 6.11. The molecule has 1 fully saturated rings. The van der Waals surface area contributed by atoms with Gasteiger partial charge in [0.2, 0.25) is 0 Å². The summed E-state index contributed by atoms with van der Waals surface area (Å²) in [6.07, 6.45) is 4.23. The smallest absolute Gasteiger partial charge is 0.0352 e. The van der Waals surface area contributed by atoms with Crippen LogP contribution in [0.4, 0.5) is 0 Å². The molecule has 0 aromatic rings. The van der Waals surface area contributed by atoms with Crippen molar-refractivity contribution in [3.8, 4) is 0 Å². The summed E-state index contributed by atoms with van der Waals surface area (Å²) < 4.78 is 0. The van der Waals surface area contributed by atoms with Crippen LogP contribution in [0.5, 0.6) is 0 Å². The molecule has 0 bridgehead atoms. The summed E-state index contributed by atoms with van der Waals surface area (Å²) in [5.74, 6) is 4.94. The molecule has 5 unspecified atom stereocenters. The highest BCUT2D eigenvalue weighted by atomic mass is 14.4. The van der Waals surface area contributed by atoms with Gasteiger partial charge in [0.25, 0.3) is 0 Å². The van der Waals surface area contributed by atoms with E-state index in [0.717, 1.165) is 29.6 Å². The highest BCUT2D eigenvalue weighted by Crippen LogP contribution is 2.47. The van der Waals surface area contributed by atoms with E-state index in [1.165, 1.54) is 19.3 Å². The fourth-order valence-electron chi connectivity index (χ4n) is 3.08. The van der Waals surface area contributed by atoms with Crippen molar-refractivity contribution in [1.82, 2.24) is 0 Å². The Morgan fingerprint density at radius 3 is 2.08 bits per heavy atom. The number of rotatable bonds is 4. The maximum Gasteiger partial charge on any atom is -0.0352 e. The van der Waals surface area contributed by atoms with Crippen molar-refractivity contribution >= 4 is 0 Å². The van der Waals surface area contributed by atoms with E-state index in [1.54, 1.807) is 0 Å². The van der Waals surface area contributed by atoms with E-state index in [-0.39, 0.29) is 0 Å². The lowest BCUT2D eigenvalue weighted by Crippen LogP contribution is -2.39. The van der Waals surface area contributed by atoms with Gasteiger partial charge in [-0.25, -0.2) is 0 Å². The van der Waals surface area contributed by atoms with Crippen molar-refractivity contribution in [2.45, 2.75) is 53.9 Å². The first-order valence-corrected chi connectivity index (χ1v) is 6.11. The van der Waals surface area contributed by atoms with Crippen LogP contribution >= 0.6 is 0 Å². The minimum Gasteiger partial charge on any atom is -0.0651 e. The Hall–Kier alpha value is 0. The van der Waals surface area contributed by atoms with Crippen LogP contribution in [-0.4, -0.2) is 0 Å². The quantitative estimate of drug-likeness (QED) is 0.606. The first-order valence-electron chi connectivity index (χ1n) is 6.11. The Labute approximate surface area is 84.1 Å². The van der Waals surface area contributed by atoms with Crippen LogP contribution in [-0.2, 0) is 0 Å². The third kappa shape index (κ3) is 2.08. The average molecular weight is 182 g/mol. The Balaban J connectivity index is 2.48. The molecule has 1 rings (SSSR count). The van der Waals surface area contributed by atoms with Crippen LogP contribution in [0.25, 0.3) is 0 Å². The van der Waals surface area contributed by atoms with Crippen LogP contribution in [0.15, 0.2) is 0 Å². The SMILES string of the molecule is CCC(C)C(CC)C1CC(C)C1C. The van der Waals surface area contributed by atoms with E-state index < -0.39 is 0 Å². The van der Waals surface area contributed by atoms with Crippen molar-refractivity contribution in [1.29, 1.82) is 0 Å². The van der Waals surface area contributed by atoms with E-state index in [1.807, 2.05) is 0 Å². The molecular formula is C13H26. The van der Waals surface area contributed by atoms with E-state index in [0.29, 0.717) is 0 Å². The minimum atomic E-state index is 0.935. The molecular weight excluding hydrogens is 156 g/mol. The predicted octanol–water partition coefficient (Wildman–Crippen LogP) is 4.35. The van der Waals surface area contributed by atoms with Crippen LogP contribution < -0.4 is 0 Å². The Morgan fingerprint density at radius 1 is 1.15 bits per heavy atom. The van der Waals surface area contributed by atoms with Crippen molar-refractivity contribution in [3.05, 3.63) is 0 Å². The van der Waals surface area contributed by atoms with Gasteiger partial charge >= 0.3 is 0 Å². The largest absolute Gasteiger partial charge is 0.0651 e. The third-order valence-corrected chi connectivity index (χ3v) is 4.61. The Kier molecular flexibility index (Phi) is 3.82. The van der Waals surface area contributed by atoms with Gasteiger partial charge in [0, 0.05) is 0 Å². The Morgan fingerprint density at radius 2 is 1.77 bits per heavy atom. The second kappa shape index (κ2) is 4.48. The highest BCUT2D eigenvalue weighted by molar-refractivity contribution is 4.89. The summed E-state index contributed by atoms with van der Waals surface area (Å²) in [6.45, 7) is 12.0. The summed E-state index contributed by atoms with van der Waals surface area (Å²) in [5, 5.41) is 0. The lowest BCUT2D eigenvalue weighted by Gasteiger charge is -2.47. The molecule has 1 aliphatic rings. The van der Waals surface area contributed by atoms with E-state index >= 15 is 0 Å². The predicted molar refractivity (Wildman–Crippen MR) is 59.7 cm³/mol. The van der Waals surface area contributed by atoms with E-state index in [2.05, 4.69) is 34.6 Å². The van der Waals surface area contributed by atoms with E-state index in [4.69, 9.17) is 0 Å². The summed E-state index contributed by atoms with van der Waals surface area (Å²) in [7, 11) is 0. The van der Waals surface area contributed by atoms with Crippen LogP contribution in [0.1, 0.15) is 53.9 Å². The zero-order valence-corrected chi connectivity index (χ0v) is 10.0. The fraction of sp³-hybridized carbons (Fsp3) is 1.00. The molecule has 0 aliphatic heterocycles. The number of hydrogen-bond acceptors (Lipinski definition) is 0. The first kappa shape index (κ1) is 11.1. The maximum absolute atomic E-state index is 2.45. The standard InChI is InChI=1S/C13H26/c1-6-9(3)12(7-2)13-8-10(4)11(13)5/h9-13H,6-8H2,1-5H3. The molecule has 5 atom stereocenters. The molecule has 0 amide bonds. The van der Waals surface area contributed by atoms with Crippen molar-refractivity contribution in [2.24, 2.45) is 29.6 Å². The maximum atomic E-state index is 2.45. The summed E-state index contributed by atoms with van der Waals surface area (Å²) >= 11 is 0. The van der Waals surface area contributed by atoms with Gasteiger partial charge < -0.3 is 0 Å². The van der Waals surface area contributed by atoms with Gasteiger partial charge in [-0.2, -0.15) is 0 Å². The minimum absolute atomic E-state index is 0.935. The molecule has 1 saturated carbocycles. The second-order valence-corrected chi connectivity index (χ2v) is 5.19. The van der Waals surface area contributed by atoms with Crippen molar-refractivity contribution < 1.29 is 0 Å². The van der Waals surface area contributed by atoms with Crippen LogP contribution in [0.3, 0.4) is 0 Å². The van der Waals surface area contributed by atoms with Gasteiger partial charge in [0.05, 0.1) is 0 Å². The van der Waals surface area contributed by atoms with Gasteiger partial charge in [-0.1, -0.05) is 47.5 Å². The molecule has 78 valence electrons. The Bertz CT molecular complexity index is 150. The van der Waals surface area contributed by atoms with Gasteiger partial charge in [0.1, 0.15) is 0 Å². The molecule has 13 heavy (non-hydrogen) atoms. The zero-order valence-electron chi connectivity index (χ0n) is 10.0. The average Bonchev–Trinajstić information content (AvgIpc) is 2.16. The molecule has 0 saturated heterocycles. The molecule has 0 nitrogen and oxygen atoms in total. The molecule has 0 aromatic carbocycles. The summed E-state index contributed by atoms with van der Waals surface area (Å²) in [5.41, 5.74) is 0. The molecule has 0 aromatic heterocycles.